The number of anilines is 1. The van der Waals surface area contributed by atoms with Gasteiger partial charge in [-0.1, -0.05) is 13.8 Å². The molecule has 0 saturated carbocycles. The van der Waals surface area contributed by atoms with Gasteiger partial charge in [0.25, 0.3) is 0 Å². The van der Waals surface area contributed by atoms with E-state index in [0.29, 0.717) is 0 Å². The van der Waals surface area contributed by atoms with Gasteiger partial charge in [-0.05, 0) is 54.4 Å². The number of rotatable bonds is 6. The van der Waals surface area contributed by atoms with E-state index in [0.717, 1.165) is 22.9 Å². The molecule has 1 heterocycles. The lowest BCUT2D eigenvalue weighted by Crippen LogP contribution is -2.63. The first-order valence-electron chi connectivity index (χ1n) is 8.70. The van der Waals surface area contributed by atoms with Gasteiger partial charge in [0.15, 0.2) is 0 Å². The van der Waals surface area contributed by atoms with Crippen LogP contribution in [-0.4, -0.2) is 32.4 Å². The van der Waals surface area contributed by atoms with Crippen LogP contribution in [0.15, 0.2) is 53.5 Å². The topological polar surface area (TPSA) is 51.1 Å². The van der Waals surface area contributed by atoms with Crippen molar-refractivity contribution in [2.24, 2.45) is 16.8 Å². The Balaban J connectivity index is 1.83. The van der Waals surface area contributed by atoms with Gasteiger partial charge in [-0.3, -0.25) is 9.79 Å². The zero-order chi connectivity index (χ0) is 18.7. The van der Waals surface area contributed by atoms with Crippen molar-refractivity contribution in [3.05, 3.63) is 48.5 Å². The summed E-state index contributed by atoms with van der Waals surface area (Å²) in [6, 6.07) is 15.0. The van der Waals surface area contributed by atoms with E-state index < -0.39 is 0 Å². The molecule has 5 heteroatoms. The van der Waals surface area contributed by atoms with Crippen molar-refractivity contribution in [3.63, 3.8) is 0 Å². The van der Waals surface area contributed by atoms with E-state index in [1.807, 2.05) is 54.7 Å². The molecule has 2 aromatic rings. The Morgan fingerprint density at radius 3 is 2.00 bits per heavy atom. The van der Waals surface area contributed by atoms with E-state index in [1.165, 1.54) is 0 Å². The summed E-state index contributed by atoms with van der Waals surface area (Å²) in [5.41, 5.74) is 1.70. The SMILES string of the molecule is COc1ccc(N=C[C@H]2[C@H](C(C)C)C(=O)N2c2ccc(OC)cc2)cc1. The number of hydrogen-bond acceptors (Lipinski definition) is 4. The molecule has 5 nitrogen and oxygen atoms in total. The van der Waals surface area contributed by atoms with Crippen LogP contribution in [0, 0.1) is 11.8 Å². The van der Waals surface area contributed by atoms with Crippen molar-refractivity contribution in [3.8, 4) is 11.5 Å². The molecular weight excluding hydrogens is 328 g/mol. The van der Waals surface area contributed by atoms with Gasteiger partial charge < -0.3 is 14.4 Å². The third kappa shape index (κ3) is 3.43. The van der Waals surface area contributed by atoms with Crippen LogP contribution in [0.2, 0.25) is 0 Å². The molecule has 2 atom stereocenters. The third-order valence-electron chi connectivity index (χ3n) is 4.71. The number of aliphatic imine (C=N–C) groups is 1. The first-order valence-corrected chi connectivity index (χ1v) is 8.70. The zero-order valence-corrected chi connectivity index (χ0v) is 15.5. The van der Waals surface area contributed by atoms with Crippen molar-refractivity contribution in [1.82, 2.24) is 0 Å². The monoisotopic (exact) mass is 352 g/mol. The van der Waals surface area contributed by atoms with Gasteiger partial charge in [0, 0.05) is 11.9 Å². The molecule has 0 spiro atoms. The molecule has 136 valence electrons. The van der Waals surface area contributed by atoms with Crippen LogP contribution < -0.4 is 14.4 Å². The number of amides is 1. The summed E-state index contributed by atoms with van der Waals surface area (Å²) < 4.78 is 10.4. The molecule has 2 aromatic carbocycles. The van der Waals surface area contributed by atoms with Gasteiger partial charge in [0.05, 0.1) is 31.9 Å². The summed E-state index contributed by atoms with van der Waals surface area (Å²) >= 11 is 0. The number of ether oxygens (including phenoxy) is 2. The Bertz CT molecular complexity index is 782. The van der Waals surface area contributed by atoms with Crippen LogP contribution in [0.1, 0.15) is 13.8 Å². The summed E-state index contributed by atoms with van der Waals surface area (Å²) in [7, 11) is 3.26. The summed E-state index contributed by atoms with van der Waals surface area (Å²) in [5.74, 6) is 1.90. The highest BCUT2D eigenvalue weighted by atomic mass is 16.5. The molecule has 0 radical (unpaired) electrons. The molecule has 1 aliphatic rings. The fourth-order valence-corrected chi connectivity index (χ4v) is 3.24. The van der Waals surface area contributed by atoms with E-state index in [-0.39, 0.29) is 23.8 Å². The largest absolute Gasteiger partial charge is 0.497 e. The number of hydrogen-bond donors (Lipinski definition) is 0. The Morgan fingerprint density at radius 1 is 0.962 bits per heavy atom. The molecule has 3 rings (SSSR count). The van der Waals surface area contributed by atoms with Crippen LogP contribution >= 0.6 is 0 Å². The number of β-lactam (4-membered cyclic amide) rings is 1. The van der Waals surface area contributed by atoms with Crippen LogP contribution in [-0.2, 0) is 4.79 Å². The number of carbonyl (C=O) groups excluding carboxylic acids is 1. The zero-order valence-electron chi connectivity index (χ0n) is 15.5. The first kappa shape index (κ1) is 18.0. The Morgan fingerprint density at radius 2 is 1.50 bits per heavy atom. The average molecular weight is 352 g/mol. The lowest BCUT2D eigenvalue weighted by molar-refractivity contribution is -0.130. The second-order valence-corrected chi connectivity index (χ2v) is 6.64. The fraction of sp³-hybridized carbons (Fsp3) is 0.333. The number of benzene rings is 2. The lowest BCUT2D eigenvalue weighted by atomic mass is 9.79. The van der Waals surface area contributed by atoms with E-state index in [1.54, 1.807) is 19.1 Å². The maximum Gasteiger partial charge on any atom is 0.233 e. The first-order chi connectivity index (χ1) is 12.5. The van der Waals surface area contributed by atoms with Gasteiger partial charge in [-0.25, -0.2) is 0 Å². The predicted molar refractivity (Wildman–Crippen MR) is 104 cm³/mol. The molecular formula is C21H24N2O3. The van der Waals surface area contributed by atoms with Gasteiger partial charge in [-0.15, -0.1) is 0 Å². The highest BCUT2D eigenvalue weighted by Crippen LogP contribution is 2.37. The molecule has 0 aromatic heterocycles. The summed E-state index contributed by atoms with van der Waals surface area (Å²) in [4.78, 5) is 19.1. The third-order valence-corrected chi connectivity index (χ3v) is 4.71. The standard InChI is InChI=1S/C21H24N2O3/c1-14(2)20-19(13-22-15-5-9-17(25-3)10-6-15)23(21(20)24)16-7-11-18(26-4)12-8-16/h5-14,19-20H,1-4H3/t19-,20-/m0/s1. The summed E-state index contributed by atoms with van der Waals surface area (Å²) in [6.45, 7) is 4.14. The Hall–Kier alpha value is -2.82. The van der Waals surface area contributed by atoms with Crippen LogP contribution in [0.5, 0.6) is 11.5 Å². The van der Waals surface area contributed by atoms with Crippen LogP contribution in [0.3, 0.4) is 0 Å². The number of carbonyl (C=O) groups is 1. The van der Waals surface area contributed by atoms with Gasteiger partial charge in [-0.2, -0.15) is 0 Å². The number of methoxy groups -OCH3 is 2. The maximum atomic E-state index is 12.7. The summed E-state index contributed by atoms with van der Waals surface area (Å²) in [6.07, 6.45) is 1.87. The van der Waals surface area contributed by atoms with Crippen molar-refractivity contribution < 1.29 is 14.3 Å². The molecule has 1 amide bonds. The minimum absolute atomic E-state index is 0.0564. The lowest BCUT2D eigenvalue weighted by Gasteiger charge is -2.47. The molecule has 0 N–H and O–H groups in total. The Kier molecular flexibility index (Phi) is 5.26. The van der Waals surface area contributed by atoms with Crippen molar-refractivity contribution >= 4 is 23.5 Å². The van der Waals surface area contributed by atoms with Gasteiger partial charge in [0.2, 0.25) is 5.91 Å². The second-order valence-electron chi connectivity index (χ2n) is 6.64. The second kappa shape index (κ2) is 7.60. The molecule has 0 aliphatic carbocycles. The van der Waals surface area contributed by atoms with Crippen molar-refractivity contribution in [2.45, 2.75) is 19.9 Å². The van der Waals surface area contributed by atoms with Crippen LogP contribution in [0.25, 0.3) is 0 Å². The Labute approximate surface area is 154 Å². The minimum Gasteiger partial charge on any atom is -0.497 e. The molecule has 1 saturated heterocycles. The molecule has 0 unspecified atom stereocenters. The van der Waals surface area contributed by atoms with E-state index in [9.17, 15) is 4.79 Å². The van der Waals surface area contributed by atoms with Gasteiger partial charge >= 0.3 is 0 Å². The van der Waals surface area contributed by atoms with Crippen molar-refractivity contribution in [1.29, 1.82) is 0 Å². The molecule has 1 fully saturated rings. The minimum atomic E-state index is -0.0574. The summed E-state index contributed by atoms with van der Waals surface area (Å²) in [5, 5.41) is 0. The van der Waals surface area contributed by atoms with Gasteiger partial charge in [0.1, 0.15) is 11.5 Å². The quantitative estimate of drug-likeness (QED) is 0.581. The highest BCUT2D eigenvalue weighted by molar-refractivity contribution is 6.09. The van der Waals surface area contributed by atoms with E-state index in [2.05, 4.69) is 18.8 Å². The smallest absolute Gasteiger partial charge is 0.233 e. The average Bonchev–Trinajstić information content (AvgIpc) is 2.65. The highest BCUT2D eigenvalue weighted by Gasteiger charge is 2.48. The molecule has 1 aliphatic heterocycles. The fourth-order valence-electron chi connectivity index (χ4n) is 3.24. The van der Waals surface area contributed by atoms with Crippen LogP contribution in [0.4, 0.5) is 11.4 Å². The molecule has 26 heavy (non-hydrogen) atoms. The van der Waals surface area contributed by atoms with Crippen molar-refractivity contribution in [2.75, 3.05) is 19.1 Å². The predicted octanol–water partition coefficient (Wildman–Crippen LogP) is 4.09. The maximum absolute atomic E-state index is 12.7. The van der Waals surface area contributed by atoms with E-state index in [4.69, 9.17) is 9.47 Å². The molecule has 0 bridgehead atoms. The number of nitrogens with zero attached hydrogens (tertiary/aromatic N) is 2. The normalized spacial score (nSPS) is 19.7. The van der Waals surface area contributed by atoms with E-state index >= 15 is 0 Å².